The summed E-state index contributed by atoms with van der Waals surface area (Å²) in [6.45, 7) is 6.39. The van der Waals surface area contributed by atoms with E-state index in [-0.39, 0.29) is 12.5 Å². The van der Waals surface area contributed by atoms with Crippen molar-refractivity contribution in [1.29, 1.82) is 0 Å². The molecule has 0 aromatic carbocycles. The first-order chi connectivity index (χ1) is 8.47. The van der Waals surface area contributed by atoms with Gasteiger partial charge in [0.25, 0.3) is 0 Å². The fraction of sp³-hybridized carbons (Fsp3) is 0.846. The number of unbranched alkanes of at least 4 members (excludes halogenated alkanes) is 2. The fourth-order valence-electron chi connectivity index (χ4n) is 1.49. The minimum atomic E-state index is -0.558. The van der Waals surface area contributed by atoms with Crippen molar-refractivity contribution in [3.8, 4) is 0 Å². The standard InChI is InChI=1S/C13H26N2O3/c1-4-5-6-7-18-12(16)9-15-13(17)11(14)8-10(2)3/h10-11H,4-9,14H2,1-3H3,(H,15,17)/t11-/m1/s1. The highest BCUT2D eigenvalue weighted by Crippen LogP contribution is 2.02. The number of rotatable bonds is 9. The van der Waals surface area contributed by atoms with E-state index >= 15 is 0 Å². The summed E-state index contributed by atoms with van der Waals surface area (Å²) in [6, 6.07) is -0.558. The summed E-state index contributed by atoms with van der Waals surface area (Å²) < 4.78 is 4.96. The molecular formula is C13H26N2O3. The van der Waals surface area contributed by atoms with E-state index in [9.17, 15) is 9.59 Å². The molecule has 0 aliphatic carbocycles. The number of hydrogen-bond donors (Lipinski definition) is 2. The van der Waals surface area contributed by atoms with Crippen molar-refractivity contribution < 1.29 is 14.3 Å². The predicted molar refractivity (Wildman–Crippen MR) is 70.9 cm³/mol. The second kappa shape index (κ2) is 9.88. The first-order valence-electron chi connectivity index (χ1n) is 6.66. The molecule has 106 valence electrons. The molecule has 5 heteroatoms. The molecule has 0 aromatic rings. The number of nitrogens with two attached hydrogens (primary N) is 1. The van der Waals surface area contributed by atoms with Gasteiger partial charge < -0.3 is 15.8 Å². The molecule has 3 N–H and O–H groups in total. The van der Waals surface area contributed by atoms with Gasteiger partial charge in [0.15, 0.2) is 0 Å². The summed E-state index contributed by atoms with van der Waals surface area (Å²) in [5, 5.41) is 2.49. The third kappa shape index (κ3) is 8.98. The van der Waals surface area contributed by atoms with E-state index < -0.39 is 12.0 Å². The van der Waals surface area contributed by atoms with Gasteiger partial charge in [0.2, 0.25) is 5.91 Å². The van der Waals surface area contributed by atoms with Crippen LogP contribution >= 0.6 is 0 Å². The Hall–Kier alpha value is -1.10. The average Bonchev–Trinajstić information content (AvgIpc) is 2.30. The summed E-state index contributed by atoms with van der Waals surface area (Å²) in [6.07, 6.45) is 3.59. The zero-order valence-corrected chi connectivity index (χ0v) is 11.7. The molecule has 5 nitrogen and oxygen atoms in total. The van der Waals surface area contributed by atoms with Crippen LogP contribution in [0.2, 0.25) is 0 Å². The van der Waals surface area contributed by atoms with Gasteiger partial charge in [-0.3, -0.25) is 9.59 Å². The van der Waals surface area contributed by atoms with Gasteiger partial charge in [-0.2, -0.15) is 0 Å². The van der Waals surface area contributed by atoms with Gasteiger partial charge in [-0.25, -0.2) is 0 Å². The summed E-state index contributed by atoms with van der Waals surface area (Å²) in [5.74, 6) is -0.350. The monoisotopic (exact) mass is 258 g/mol. The van der Waals surface area contributed by atoms with E-state index in [1.54, 1.807) is 0 Å². The highest BCUT2D eigenvalue weighted by Gasteiger charge is 2.15. The molecule has 0 rings (SSSR count). The molecular weight excluding hydrogens is 232 g/mol. The van der Waals surface area contributed by atoms with Crippen molar-refractivity contribution in [2.24, 2.45) is 11.7 Å². The molecule has 0 spiro atoms. The number of carbonyl (C=O) groups excluding carboxylic acids is 2. The number of esters is 1. The molecule has 0 aromatic heterocycles. The lowest BCUT2D eigenvalue weighted by Crippen LogP contribution is -2.43. The number of nitrogens with one attached hydrogen (secondary N) is 1. The van der Waals surface area contributed by atoms with E-state index in [4.69, 9.17) is 10.5 Å². The van der Waals surface area contributed by atoms with Crippen molar-refractivity contribution in [2.75, 3.05) is 13.2 Å². The maximum Gasteiger partial charge on any atom is 0.325 e. The fourth-order valence-corrected chi connectivity index (χ4v) is 1.49. The molecule has 0 unspecified atom stereocenters. The first kappa shape index (κ1) is 16.9. The first-order valence-corrected chi connectivity index (χ1v) is 6.66. The smallest absolute Gasteiger partial charge is 0.325 e. The number of hydrogen-bond acceptors (Lipinski definition) is 4. The maximum absolute atomic E-state index is 11.5. The van der Waals surface area contributed by atoms with Crippen molar-refractivity contribution >= 4 is 11.9 Å². The average molecular weight is 258 g/mol. The van der Waals surface area contributed by atoms with E-state index in [2.05, 4.69) is 12.2 Å². The van der Waals surface area contributed by atoms with Crippen molar-refractivity contribution in [3.05, 3.63) is 0 Å². The van der Waals surface area contributed by atoms with Crippen molar-refractivity contribution in [1.82, 2.24) is 5.32 Å². The van der Waals surface area contributed by atoms with Gasteiger partial charge in [-0.05, 0) is 18.8 Å². The molecule has 0 aliphatic rings. The van der Waals surface area contributed by atoms with Crippen LogP contribution in [0.1, 0.15) is 46.5 Å². The minimum absolute atomic E-state index is 0.100. The molecule has 0 fully saturated rings. The summed E-state index contributed by atoms with van der Waals surface area (Å²) in [5.41, 5.74) is 5.68. The van der Waals surface area contributed by atoms with Crippen LogP contribution in [0.4, 0.5) is 0 Å². The van der Waals surface area contributed by atoms with Crippen LogP contribution < -0.4 is 11.1 Å². The molecule has 0 heterocycles. The molecule has 0 saturated carbocycles. The Morgan fingerprint density at radius 3 is 2.50 bits per heavy atom. The number of amides is 1. The van der Waals surface area contributed by atoms with Crippen LogP contribution in [0.5, 0.6) is 0 Å². The Morgan fingerprint density at radius 1 is 1.28 bits per heavy atom. The van der Waals surface area contributed by atoms with E-state index in [1.807, 2.05) is 13.8 Å². The number of carbonyl (C=O) groups is 2. The zero-order valence-electron chi connectivity index (χ0n) is 11.7. The van der Waals surface area contributed by atoms with Gasteiger partial charge >= 0.3 is 5.97 Å². The molecule has 1 atom stereocenters. The Morgan fingerprint density at radius 2 is 1.94 bits per heavy atom. The van der Waals surface area contributed by atoms with E-state index in [0.717, 1.165) is 19.3 Å². The quantitative estimate of drug-likeness (QED) is 0.481. The highest BCUT2D eigenvalue weighted by atomic mass is 16.5. The third-order valence-corrected chi connectivity index (χ3v) is 2.48. The molecule has 0 bridgehead atoms. The lowest BCUT2D eigenvalue weighted by Gasteiger charge is -2.13. The summed E-state index contributed by atoms with van der Waals surface area (Å²) in [4.78, 5) is 22.8. The molecule has 0 aliphatic heterocycles. The SMILES string of the molecule is CCCCCOC(=O)CNC(=O)[C@H](N)CC(C)C. The molecule has 18 heavy (non-hydrogen) atoms. The van der Waals surface area contributed by atoms with Crippen LogP contribution in [-0.2, 0) is 14.3 Å². The highest BCUT2D eigenvalue weighted by molar-refractivity contribution is 5.85. The van der Waals surface area contributed by atoms with Crippen LogP contribution in [0, 0.1) is 5.92 Å². The van der Waals surface area contributed by atoms with Gasteiger partial charge in [0.1, 0.15) is 6.54 Å². The van der Waals surface area contributed by atoms with E-state index in [0.29, 0.717) is 18.9 Å². The van der Waals surface area contributed by atoms with Gasteiger partial charge in [-0.15, -0.1) is 0 Å². The predicted octanol–water partition coefficient (Wildman–Crippen LogP) is 1.21. The minimum Gasteiger partial charge on any atom is -0.464 e. The maximum atomic E-state index is 11.5. The van der Waals surface area contributed by atoms with Crippen molar-refractivity contribution in [3.63, 3.8) is 0 Å². The number of ether oxygens (including phenoxy) is 1. The van der Waals surface area contributed by atoms with Crippen LogP contribution in [0.25, 0.3) is 0 Å². The van der Waals surface area contributed by atoms with Crippen molar-refractivity contribution in [2.45, 2.75) is 52.5 Å². The molecule has 0 radical (unpaired) electrons. The molecule has 0 saturated heterocycles. The van der Waals surface area contributed by atoms with Gasteiger partial charge in [-0.1, -0.05) is 33.6 Å². The van der Waals surface area contributed by atoms with Crippen LogP contribution in [0.3, 0.4) is 0 Å². The largest absolute Gasteiger partial charge is 0.464 e. The normalized spacial score (nSPS) is 12.3. The Balaban J connectivity index is 3.67. The second-order valence-corrected chi connectivity index (χ2v) is 4.88. The second-order valence-electron chi connectivity index (χ2n) is 4.88. The lowest BCUT2D eigenvalue weighted by molar-refractivity contribution is -0.144. The Bertz CT molecular complexity index is 255. The summed E-state index contributed by atoms with van der Waals surface area (Å²) >= 11 is 0. The Labute approximate surface area is 109 Å². The van der Waals surface area contributed by atoms with Gasteiger partial charge in [0.05, 0.1) is 12.6 Å². The van der Waals surface area contributed by atoms with Gasteiger partial charge in [0, 0.05) is 0 Å². The lowest BCUT2D eigenvalue weighted by atomic mass is 10.0. The summed E-state index contributed by atoms with van der Waals surface area (Å²) in [7, 11) is 0. The topological polar surface area (TPSA) is 81.4 Å². The third-order valence-electron chi connectivity index (χ3n) is 2.48. The van der Waals surface area contributed by atoms with E-state index in [1.165, 1.54) is 0 Å². The van der Waals surface area contributed by atoms with Crippen LogP contribution in [-0.4, -0.2) is 31.1 Å². The van der Waals surface area contributed by atoms with Crippen LogP contribution in [0.15, 0.2) is 0 Å². The Kier molecular flexibility index (Phi) is 9.28. The zero-order chi connectivity index (χ0) is 14.0. The molecule has 1 amide bonds.